The molecular formula is C14H13BrFNO2S. The van der Waals surface area contributed by atoms with Crippen LogP contribution in [0, 0.1) is 5.82 Å². The summed E-state index contributed by atoms with van der Waals surface area (Å²) in [5.41, 5.74) is 0.867. The number of hydrogen-bond donors (Lipinski definition) is 1. The molecule has 2 aromatic rings. The molecular weight excluding hydrogens is 345 g/mol. The van der Waals surface area contributed by atoms with E-state index in [2.05, 4.69) is 20.7 Å². The number of halogens is 2. The van der Waals surface area contributed by atoms with E-state index < -0.39 is 15.8 Å². The molecule has 2 aromatic carbocycles. The molecule has 0 heterocycles. The molecule has 20 heavy (non-hydrogen) atoms. The summed E-state index contributed by atoms with van der Waals surface area (Å²) in [5.74, 6) is -0.693. The second kappa shape index (κ2) is 6.37. The summed E-state index contributed by atoms with van der Waals surface area (Å²) in [7, 11) is -3.58. The van der Waals surface area contributed by atoms with Crippen molar-refractivity contribution in [1.29, 1.82) is 0 Å². The Labute approximate surface area is 126 Å². The molecule has 1 N–H and O–H groups in total. The molecule has 0 aliphatic heterocycles. The van der Waals surface area contributed by atoms with E-state index in [1.54, 1.807) is 6.07 Å². The Morgan fingerprint density at radius 3 is 2.40 bits per heavy atom. The Bertz CT molecular complexity index is 704. The van der Waals surface area contributed by atoms with Crippen LogP contribution in [0.3, 0.4) is 0 Å². The van der Waals surface area contributed by atoms with Crippen LogP contribution in [-0.2, 0) is 16.4 Å². The largest absolute Gasteiger partial charge is 0.281 e. The van der Waals surface area contributed by atoms with E-state index in [1.807, 2.05) is 24.3 Å². The van der Waals surface area contributed by atoms with Gasteiger partial charge in [-0.25, -0.2) is 12.8 Å². The lowest BCUT2D eigenvalue weighted by Crippen LogP contribution is -2.19. The summed E-state index contributed by atoms with van der Waals surface area (Å²) < 4.78 is 40.4. The molecule has 0 amide bonds. The smallest absolute Gasteiger partial charge is 0.233 e. The third-order valence-electron chi connectivity index (χ3n) is 2.74. The summed E-state index contributed by atoms with van der Waals surface area (Å²) in [4.78, 5) is 0. The average molecular weight is 358 g/mol. The van der Waals surface area contributed by atoms with Crippen molar-refractivity contribution in [3.8, 4) is 0 Å². The van der Waals surface area contributed by atoms with Crippen molar-refractivity contribution in [2.24, 2.45) is 0 Å². The van der Waals surface area contributed by atoms with Gasteiger partial charge in [-0.1, -0.05) is 46.3 Å². The number of para-hydroxylation sites is 1. The number of anilines is 1. The maximum absolute atomic E-state index is 13.4. The lowest BCUT2D eigenvalue weighted by Gasteiger charge is -2.09. The van der Waals surface area contributed by atoms with Gasteiger partial charge in [-0.3, -0.25) is 4.72 Å². The molecule has 2 rings (SSSR count). The number of hydrogen-bond acceptors (Lipinski definition) is 2. The van der Waals surface area contributed by atoms with E-state index in [-0.39, 0.29) is 11.4 Å². The number of nitrogens with one attached hydrogen (secondary N) is 1. The van der Waals surface area contributed by atoms with E-state index in [0.29, 0.717) is 6.42 Å². The molecule has 0 aliphatic rings. The van der Waals surface area contributed by atoms with E-state index in [0.717, 1.165) is 10.0 Å². The lowest BCUT2D eigenvalue weighted by atomic mass is 10.2. The topological polar surface area (TPSA) is 46.2 Å². The molecule has 0 atom stereocenters. The summed E-state index contributed by atoms with van der Waals surface area (Å²) in [6.45, 7) is 0. The molecule has 106 valence electrons. The fourth-order valence-corrected chi connectivity index (χ4v) is 3.28. The van der Waals surface area contributed by atoms with Crippen LogP contribution in [0.1, 0.15) is 5.56 Å². The first-order valence-corrected chi connectivity index (χ1v) is 8.41. The van der Waals surface area contributed by atoms with Crippen LogP contribution in [-0.4, -0.2) is 14.2 Å². The molecule has 6 heteroatoms. The highest BCUT2D eigenvalue weighted by Crippen LogP contribution is 2.18. The van der Waals surface area contributed by atoms with Crippen LogP contribution in [0.25, 0.3) is 0 Å². The fraction of sp³-hybridized carbons (Fsp3) is 0.143. The van der Waals surface area contributed by atoms with Crippen molar-refractivity contribution in [3.63, 3.8) is 0 Å². The average Bonchev–Trinajstić information content (AvgIpc) is 2.40. The minimum atomic E-state index is -3.58. The summed E-state index contributed by atoms with van der Waals surface area (Å²) >= 11 is 3.37. The van der Waals surface area contributed by atoms with Gasteiger partial charge in [-0.05, 0) is 30.2 Å². The van der Waals surface area contributed by atoms with Gasteiger partial charge in [-0.15, -0.1) is 0 Å². The van der Waals surface area contributed by atoms with Crippen molar-refractivity contribution in [3.05, 3.63) is 64.4 Å². The first-order valence-electron chi connectivity index (χ1n) is 5.96. The summed E-state index contributed by atoms with van der Waals surface area (Å²) in [6.07, 6.45) is 0.352. The molecule has 0 unspecified atom stereocenters. The van der Waals surface area contributed by atoms with Gasteiger partial charge in [0, 0.05) is 4.47 Å². The number of benzene rings is 2. The van der Waals surface area contributed by atoms with Crippen molar-refractivity contribution < 1.29 is 12.8 Å². The zero-order valence-corrected chi connectivity index (χ0v) is 12.9. The Balaban J connectivity index is 2.05. The van der Waals surface area contributed by atoms with Crippen molar-refractivity contribution in [2.45, 2.75) is 6.42 Å². The second-order valence-corrected chi connectivity index (χ2v) is 6.94. The molecule has 3 nitrogen and oxygen atoms in total. The van der Waals surface area contributed by atoms with Crippen molar-refractivity contribution in [2.75, 3.05) is 10.5 Å². The molecule has 0 aromatic heterocycles. The summed E-state index contributed by atoms with van der Waals surface area (Å²) in [5, 5.41) is 0. The van der Waals surface area contributed by atoms with Gasteiger partial charge in [0.15, 0.2) is 0 Å². The SMILES string of the molecule is O=S(=O)(CCc1ccccc1Br)Nc1ccccc1F. The normalized spacial score (nSPS) is 11.3. The van der Waals surface area contributed by atoms with Crippen LogP contribution in [0.5, 0.6) is 0 Å². The van der Waals surface area contributed by atoms with E-state index in [1.165, 1.54) is 18.2 Å². The highest BCUT2D eigenvalue weighted by Gasteiger charge is 2.13. The third-order valence-corrected chi connectivity index (χ3v) is 4.78. The maximum Gasteiger partial charge on any atom is 0.233 e. The van der Waals surface area contributed by atoms with Crippen LogP contribution >= 0.6 is 15.9 Å². The Morgan fingerprint density at radius 2 is 1.70 bits per heavy atom. The van der Waals surface area contributed by atoms with Gasteiger partial charge in [0.1, 0.15) is 5.82 Å². The van der Waals surface area contributed by atoms with Crippen molar-refractivity contribution >= 4 is 31.6 Å². The molecule has 0 saturated carbocycles. The number of sulfonamides is 1. The second-order valence-electron chi connectivity index (χ2n) is 4.24. The van der Waals surface area contributed by atoms with Crippen LogP contribution in [0.2, 0.25) is 0 Å². The first kappa shape index (κ1) is 15.0. The fourth-order valence-electron chi connectivity index (χ4n) is 1.71. The van der Waals surface area contributed by atoms with E-state index in [4.69, 9.17) is 0 Å². The quantitative estimate of drug-likeness (QED) is 0.888. The molecule has 0 aliphatic carbocycles. The van der Waals surface area contributed by atoms with Gasteiger partial charge < -0.3 is 0 Å². The molecule has 0 saturated heterocycles. The molecule has 0 spiro atoms. The monoisotopic (exact) mass is 357 g/mol. The van der Waals surface area contributed by atoms with E-state index in [9.17, 15) is 12.8 Å². The zero-order chi connectivity index (χ0) is 14.6. The minimum Gasteiger partial charge on any atom is -0.281 e. The Morgan fingerprint density at radius 1 is 1.05 bits per heavy atom. The number of rotatable bonds is 5. The maximum atomic E-state index is 13.4. The third kappa shape index (κ3) is 4.05. The molecule has 0 fully saturated rings. The van der Waals surface area contributed by atoms with E-state index >= 15 is 0 Å². The highest BCUT2D eigenvalue weighted by atomic mass is 79.9. The van der Waals surface area contributed by atoms with Gasteiger partial charge in [0.05, 0.1) is 11.4 Å². The predicted octanol–water partition coefficient (Wildman–Crippen LogP) is 3.57. The minimum absolute atomic E-state index is 0.0281. The predicted molar refractivity (Wildman–Crippen MR) is 81.7 cm³/mol. The molecule has 0 bridgehead atoms. The number of aryl methyl sites for hydroxylation is 1. The Hall–Kier alpha value is -1.40. The standard InChI is InChI=1S/C14H13BrFNO2S/c15-12-6-2-1-5-11(12)9-10-20(18,19)17-14-8-4-3-7-13(14)16/h1-8,17H,9-10H2. The van der Waals surface area contributed by atoms with Crippen molar-refractivity contribution in [1.82, 2.24) is 0 Å². The van der Waals surface area contributed by atoms with Gasteiger partial charge in [-0.2, -0.15) is 0 Å². The Kier molecular flexibility index (Phi) is 4.77. The van der Waals surface area contributed by atoms with Crippen LogP contribution in [0.15, 0.2) is 53.0 Å². The van der Waals surface area contributed by atoms with Gasteiger partial charge in [0.25, 0.3) is 0 Å². The summed E-state index contributed by atoms with van der Waals surface area (Å²) in [6, 6.07) is 13.1. The molecule has 0 radical (unpaired) electrons. The van der Waals surface area contributed by atoms with Crippen LogP contribution in [0.4, 0.5) is 10.1 Å². The van der Waals surface area contributed by atoms with Gasteiger partial charge in [0.2, 0.25) is 10.0 Å². The van der Waals surface area contributed by atoms with Gasteiger partial charge >= 0.3 is 0 Å². The van der Waals surface area contributed by atoms with Crippen LogP contribution < -0.4 is 4.72 Å². The lowest BCUT2D eigenvalue weighted by molar-refractivity contribution is 0.598. The first-order chi connectivity index (χ1) is 9.48. The zero-order valence-electron chi connectivity index (χ0n) is 10.5. The highest BCUT2D eigenvalue weighted by molar-refractivity contribution is 9.10.